The molecule has 0 bridgehead atoms. The molecule has 0 aliphatic heterocycles. The molecule has 3 heterocycles. The number of pyridine rings is 1. The molecule has 0 aliphatic rings. The van der Waals surface area contributed by atoms with Crippen LogP contribution in [0.2, 0.25) is 0 Å². The van der Waals surface area contributed by atoms with Crippen LogP contribution in [0.25, 0.3) is 22.6 Å². The van der Waals surface area contributed by atoms with Crippen LogP contribution < -0.4 is 5.32 Å². The Balaban J connectivity index is 1.42. The predicted octanol–water partition coefficient (Wildman–Crippen LogP) is 4.52. The first-order chi connectivity index (χ1) is 14.7. The van der Waals surface area contributed by atoms with Crippen LogP contribution in [0.1, 0.15) is 11.8 Å². The summed E-state index contributed by atoms with van der Waals surface area (Å²) in [7, 11) is 0. The number of thiazole rings is 1. The molecule has 1 aromatic carbocycles. The van der Waals surface area contributed by atoms with Crippen molar-refractivity contribution in [3.63, 3.8) is 0 Å². The van der Waals surface area contributed by atoms with Gasteiger partial charge in [-0.15, -0.1) is 21.5 Å². The van der Waals surface area contributed by atoms with Crippen molar-refractivity contribution >= 4 is 34.1 Å². The number of hydrogen-bond donors (Lipinski definition) is 1. The Kier molecular flexibility index (Phi) is 6.20. The van der Waals surface area contributed by atoms with E-state index in [0.29, 0.717) is 16.8 Å². The Bertz CT molecular complexity index is 1140. The third kappa shape index (κ3) is 4.42. The fourth-order valence-electron chi connectivity index (χ4n) is 2.99. The molecular formula is C21H20N6OS2. The third-order valence-corrected chi connectivity index (χ3v) is 6.25. The summed E-state index contributed by atoms with van der Waals surface area (Å²) in [5.74, 6) is 0.878. The first kappa shape index (κ1) is 20.2. The summed E-state index contributed by atoms with van der Waals surface area (Å²) in [5.41, 5.74) is 2.89. The van der Waals surface area contributed by atoms with Crippen LogP contribution in [0.5, 0.6) is 0 Å². The van der Waals surface area contributed by atoms with Crippen molar-refractivity contribution in [2.45, 2.75) is 25.5 Å². The van der Waals surface area contributed by atoms with Gasteiger partial charge in [0.25, 0.3) is 0 Å². The Hall–Kier alpha value is -3.04. The zero-order valence-corrected chi connectivity index (χ0v) is 18.2. The molecule has 1 amide bonds. The highest BCUT2D eigenvalue weighted by Crippen LogP contribution is 2.30. The Labute approximate surface area is 182 Å². The lowest BCUT2D eigenvalue weighted by Gasteiger charge is -2.07. The van der Waals surface area contributed by atoms with Crippen molar-refractivity contribution in [3.05, 3.63) is 59.7 Å². The summed E-state index contributed by atoms with van der Waals surface area (Å²) < 4.78 is 1.99. The minimum Gasteiger partial charge on any atom is -0.302 e. The zero-order valence-electron chi connectivity index (χ0n) is 16.6. The van der Waals surface area contributed by atoms with Crippen molar-refractivity contribution in [1.82, 2.24) is 24.7 Å². The minimum absolute atomic E-state index is 0.121. The fraction of sp³-hybridized carbons (Fsp3) is 0.190. The van der Waals surface area contributed by atoms with Gasteiger partial charge in [-0.25, -0.2) is 4.98 Å². The molecule has 0 aliphatic carbocycles. The van der Waals surface area contributed by atoms with E-state index in [0.717, 1.165) is 27.5 Å². The minimum atomic E-state index is -0.121. The molecule has 9 heteroatoms. The number of thioether (sulfide) groups is 1. The highest BCUT2D eigenvalue weighted by Gasteiger charge is 2.16. The van der Waals surface area contributed by atoms with E-state index in [9.17, 15) is 4.79 Å². The molecule has 0 atom stereocenters. The number of benzene rings is 1. The number of aryl methyl sites for hydroxylation is 1. The summed E-state index contributed by atoms with van der Waals surface area (Å²) in [6.45, 7) is 4.75. The molecule has 7 nitrogen and oxygen atoms in total. The maximum absolute atomic E-state index is 12.5. The number of carbonyl (C=O) groups is 1. The SMILES string of the molecule is CCn1c(SCC(=O)Nc2nc(-c3ccccc3)c(C)s2)nnc1-c1ccncc1. The van der Waals surface area contributed by atoms with E-state index < -0.39 is 0 Å². The predicted molar refractivity (Wildman–Crippen MR) is 121 cm³/mol. The Morgan fingerprint density at radius 2 is 1.87 bits per heavy atom. The normalized spacial score (nSPS) is 10.9. The summed E-state index contributed by atoms with van der Waals surface area (Å²) in [6.07, 6.45) is 3.45. The quantitative estimate of drug-likeness (QED) is 0.429. The van der Waals surface area contributed by atoms with Gasteiger partial charge in [0.2, 0.25) is 5.91 Å². The van der Waals surface area contributed by atoms with Gasteiger partial charge in [0.05, 0.1) is 11.4 Å². The second kappa shape index (κ2) is 9.19. The van der Waals surface area contributed by atoms with Gasteiger partial charge in [-0.05, 0) is 26.0 Å². The highest BCUT2D eigenvalue weighted by molar-refractivity contribution is 7.99. The molecule has 30 heavy (non-hydrogen) atoms. The van der Waals surface area contributed by atoms with E-state index in [1.807, 2.05) is 60.9 Å². The standard InChI is InChI=1S/C21H20N6OS2/c1-3-27-19(16-9-11-22-12-10-16)25-26-21(27)29-13-17(28)23-20-24-18(14(2)30-20)15-7-5-4-6-8-15/h4-12H,3,13H2,1-2H3,(H,23,24,28). The van der Waals surface area contributed by atoms with Crippen LogP contribution >= 0.6 is 23.1 Å². The molecule has 4 aromatic rings. The summed E-state index contributed by atoms with van der Waals surface area (Å²) >= 11 is 2.84. The van der Waals surface area contributed by atoms with E-state index in [4.69, 9.17) is 0 Å². The van der Waals surface area contributed by atoms with Gasteiger partial charge in [0.15, 0.2) is 16.1 Å². The lowest BCUT2D eigenvalue weighted by Crippen LogP contribution is -2.14. The zero-order chi connectivity index (χ0) is 20.9. The molecule has 4 rings (SSSR count). The van der Waals surface area contributed by atoms with Crippen LogP contribution in [-0.4, -0.2) is 36.4 Å². The first-order valence-electron chi connectivity index (χ1n) is 9.44. The van der Waals surface area contributed by atoms with Gasteiger partial charge < -0.3 is 9.88 Å². The van der Waals surface area contributed by atoms with Crippen molar-refractivity contribution in [2.24, 2.45) is 0 Å². The lowest BCUT2D eigenvalue weighted by molar-refractivity contribution is -0.113. The van der Waals surface area contributed by atoms with E-state index in [1.54, 1.807) is 12.4 Å². The number of aromatic nitrogens is 5. The van der Waals surface area contributed by atoms with Crippen molar-refractivity contribution < 1.29 is 4.79 Å². The molecule has 1 N–H and O–H groups in total. The van der Waals surface area contributed by atoms with Crippen LogP contribution in [0.15, 0.2) is 60.0 Å². The molecule has 0 fully saturated rings. The molecule has 152 valence electrons. The molecule has 3 aromatic heterocycles. The van der Waals surface area contributed by atoms with Gasteiger partial charge in [0.1, 0.15) is 0 Å². The Morgan fingerprint density at radius 1 is 1.10 bits per heavy atom. The molecule has 0 spiro atoms. The average molecular weight is 437 g/mol. The summed E-state index contributed by atoms with van der Waals surface area (Å²) in [5, 5.41) is 12.8. The van der Waals surface area contributed by atoms with Crippen LogP contribution in [0, 0.1) is 6.92 Å². The average Bonchev–Trinajstić information content (AvgIpc) is 3.36. The number of nitrogens with zero attached hydrogens (tertiary/aromatic N) is 5. The first-order valence-corrected chi connectivity index (χ1v) is 11.2. The molecule has 0 saturated heterocycles. The number of nitrogens with one attached hydrogen (secondary N) is 1. The van der Waals surface area contributed by atoms with Gasteiger partial charge in [0, 0.05) is 34.9 Å². The monoisotopic (exact) mass is 436 g/mol. The summed E-state index contributed by atoms with van der Waals surface area (Å²) in [4.78, 5) is 22.2. The van der Waals surface area contributed by atoms with Gasteiger partial charge >= 0.3 is 0 Å². The van der Waals surface area contributed by atoms with Gasteiger partial charge in [-0.1, -0.05) is 42.1 Å². The lowest BCUT2D eigenvalue weighted by atomic mass is 10.1. The molecule has 0 saturated carbocycles. The van der Waals surface area contributed by atoms with E-state index in [2.05, 4.69) is 25.5 Å². The van der Waals surface area contributed by atoms with Crippen LogP contribution in [0.3, 0.4) is 0 Å². The fourth-order valence-corrected chi connectivity index (χ4v) is 4.65. The smallest absolute Gasteiger partial charge is 0.236 e. The van der Waals surface area contributed by atoms with E-state index >= 15 is 0 Å². The molecule has 0 radical (unpaired) electrons. The van der Waals surface area contributed by atoms with Crippen molar-refractivity contribution in [2.75, 3.05) is 11.1 Å². The maximum Gasteiger partial charge on any atom is 0.236 e. The number of hydrogen-bond acceptors (Lipinski definition) is 7. The van der Waals surface area contributed by atoms with Gasteiger partial charge in [-0.2, -0.15) is 0 Å². The topological polar surface area (TPSA) is 85.6 Å². The Morgan fingerprint density at radius 3 is 2.60 bits per heavy atom. The number of carbonyl (C=O) groups excluding carboxylic acids is 1. The maximum atomic E-state index is 12.5. The molecular weight excluding hydrogens is 416 g/mol. The van der Waals surface area contributed by atoms with Crippen LogP contribution in [-0.2, 0) is 11.3 Å². The number of anilines is 1. The second-order valence-electron chi connectivity index (χ2n) is 6.41. The highest BCUT2D eigenvalue weighted by atomic mass is 32.2. The van der Waals surface area contributed by atoms with Gasteiger partial charge in [-0.3, -0.25) is 9.78 Å². The number of amides is 1. The van der Waals surface area contributed by atoms with E-state index in [1.165, 1.54) is 23.1 Å². The summed E-state index contributed by atoms with van der Waals surface area (Å²) in [6, 6.07) is 13.8. The largest absolute Gasteiger partial charge is 0.302 e. The third-order valence-electron chi connectivity index (χ3n) is 4.39. The second-order valence-corrected chi connectivity index (χ2v) is 8.56. The van der Waals surface area contributed by atoms with E-state index in [-0.39, 0.29) is 11.7 Å². The molecule has 0 unspecified atom stereocenters. The van der Waals surface area contributed by atoms with Crippen molar-refractivity contribution in [3.8, 4) is 22.6 Å². The number of rotatable bonds is 7. The van der Waals surface area contributed by atoms with Crippen LogP contribution in [0.4, 0.5) is 5.13 Å². The van der Waals surface area contributed by atoms with Crippen molar-refractivity contribution in [1.29, 1.82) is 0 Å².